The van der Waals surface area contributed by atoms with E-state index in [1.165, 1.54) is 7.11 Å². The lowest BCUT2D eigenvalue weighted by Crippen LogP contribution is -2.61. The second-order valence-electron chi connectivity index (χ2n) is 5.44. The van der Waals surface area contributed by atoms with E-state index in [0.29, 0.717) is 17.7 Å². The summed E-state index contributed by atoms with van der Waals surface area (Å²) in [6.45, 7) is 0. The SMILES string of the molecule is COC(=O)[C@]12c3ccccc3N(C)C(=O)[C@H]1CC=C[C@@H]2O. The number of benzene rings is 1. The Kier molecular flexibility index (Phi) is 3.10. The molecule has 110 valence electrons. The number of amides is 1. The van der Waals surface area contributed by atoms with Gasteiger partial charge in [-0.15, -0.1) is 0 Å². The molecule has 3 rings (SSSR count). The van der Waals surface area contributed by atoms with Gasteiger partial charge in [0.15, 0.2) is 0 Å². The predicted molar refractivity (Wildman–Crippen MR) is 76.8 cm³/mol. The summed E-state index contributed by atoms with van der Waals surface area (Å²) < 4.78 is 4.96. The number of ether oxygens (including phenoxy) is 1. The van der Waals surface area contributed by atoms with Crippen molar-refractivity contribution >= 4 is 17.6 Å². The summed E-state index contributed by atoms with van der Waals surface area (Å²) in [7, 11) is 2.97. The quantitative estimate of drug-likeness (QED) is 0.618. The summed E-state index contributed by atoms with van der Waals surface area (Å²) in [5, 5.41) is 10.5. The molecule has 1 aliphatic carbocycles. The standard InChI is InChI=1S/C16H17NO4/c1-17-12-8-4-3-6-10(12)16(15(20)21-2)11(14(17)19)7-5-9-13(16)18/h3-6,8-9,11,13,18H,7H2,1-2H3/t11-,13+,16-/m1/s1. The Labute approximate surface area is 122 Å². The summed E-state index contributed by atoms with van der Waals surface area (Å²) in [5.41, 5.74) is -0.0803. The second-order valence-corrected chi connectivity index (χ2v) is 5.44. The van der Waals surface area contributed by atoms with Crippen LogP contribution in [0, 0.1) is 5.92 Å². The van der Waals surface area contributed by atoms with E-state index < -0.39 is 23.4 Å². The first-order valence-electron chi connectivity index (χ1n) is 6.85. The van der Waals surface area contributed by atoms with E-state index in [1.54, 1.807) is 48.4 Å². The maximum Gasteiger partial charge on any atom is 0.320 e. The average molecular weight is 287 g/mol. The fourth-order valence-electron chi connectivity index (χ4n) is 3.54. The van der Waals surface area contributed by atoms with Gasteiger partial charge in [0.05, 0.1) is 19.1 Å². The third kappa shape index (κ3) is 1.61. The second kappa shape index (κ2) is 4.70. The molecule has 1 amide bonds. The van der Waals surface area contributed by atoms with Crippen molar-refractivity contribution in [3.63, 3.8) is 0 Å². The minimum absolute atomic E-state index is 0.178. The van der Waals surface area contributed by atoms with Crippen LogP contribution < -0.4 is 4.90 Å². The number of carbonyl (C=O) groups excluding carboxylic acids is 2. The molecule has 1 heterocycles. The van der Waals surface area contributed by atoms with E-state index in [1.807, 2.05) is 0 Å². The van der Waals surface area contributed by atoms with Crippen LogP contribution in [0.4, 0.5) is 5.69 Å². The molecule has 5 nitrogen and oxygen atoms in total. The highest BCUT2D eigenvalue weighted by Crippen LogP contribution is 2.50. The largest absolute Gasteiger partial charge is 0.468 e. The molecule has 21 heavy (non-hydrogen) atoms. The molecule has 0 fully saturated rings. The maximum absolute atomic E-state index is 12.7. The van der Waals surface area contributed by atoms with Gasteiger partial charge in [-0.3, -0.25) is 9.59 Å². The molecule has 1 aromatic rings. The van der Waals surface area contributed by atoms with Crippen molar-refractivity contribution in [1.29, 1.82) is 0 Å². The number of carbonyl (C=O) groups is 2. The van der Waals surface area contributed by atoms with Gasteiger partial charge >= 0.3 is 5.97 Å². The van der Waals surface area contributed by atoms with Crippen LogP contribution in [-0.4, -0.2) is 37.2 Å². The number of aliphatic hydroxyl groups excluding tert-OH is 1. The van der Waals surface area contributed by atoms with Crippen LogP contribution >= 0.6 is 0 Å². The van der Waals surface area contributed by atoms with E-state index in [2.05, 4.69) is 0 Å². The third-order valence-corrected chi connectivity index (χ3v) is 4.57. The first kappa shape index (κ1) is 13.8. The Balaban J connectivity index is 2.35. The van der Waals surface area contributed by atoms with Gasteiger partial charge < -0.3 is 14.7 Å². The molecule has 0 aromatic heterocycles. The number of esters is 1. The average Bonchev–Trinajstić information content (AvgIpc) is 2.52. The fourth-order valence-corrected chi connectivity index (χ4v) is 3.54. The lowest BCUT2D eigenvalue weighted by atomic mass is 9.60. The molecule has 0 saturated heterocycles. The molecule has 1 aromatic carbocycles. The van der Waals surface area contributed by atoms with E-state index in [-0.39, 0.29) is 5.91 Å². The Morgan fingerprint density at radius 2 is 2.14 bits per heavy atom. The van der Waals surface area contributed by atoms with Gasteiger partial charge in [-0.2, -0.15) is 0 Å². The van der Waals surface area contributed by atoms with Gasteiger partial charge in [-0.25, -0.2) is 0 Å². The molecule has 0 bridgehead atoms. The molecular formula is C16H17NO4. The van der Waals surface area contributed by atoms with Gasteiger partial charge in [0, 0.05) is 12.7 Å². The number of allylic oxidation sites excluding steroid dienone is 1. The highest BCUT2D eigenvalue weighted by molar-refractivity contribution is 6.06. The number of hydrogen-bond acceptors (Lipinski definition) is 4. The monoisotopic (exact) mass is 287 g/mol. The first-order chi connectivity index (χ1) is 10.0. The molecule has 1 N–H and O–H groups in total. The van der Waals surface area contributed by atoms with Crippen LogP contribution in [0.15, 0.2) is 36.4 Å². The van der Waals surface area contributed by atoms with Crippen molar-refractivity contribution in [2.75, 3.05) is 19.1 Å². The minimum Gasteiger partial charge on any atom is -0.468 e. The zero-order chi connectivity index (χ0) is 15.2. The lowest BCUT2D eigenvalue weighted by Gasteiger charge is -2.48. The summed E-state index contributed by atoms with van der Waals surface area (Å²) in [6.07, 6.45) is 2.64. The van der Waals surface area contributed by atoms with E-state index in [9.17, 15) is 14.7 Å². The number of methoxy groups -OCH3 is 1. The number of hydrogen-bond donors (Lipinski definition) is 1. The highest BCUT2D eigenvalue weighted by atomic mass is 16.5. The number of rotatable bonds is 1. The van der Waals surface area contributed by atoms with Crippen LogP contribution in [-0.2, 0) is 19.7 Å². The molecule has 1 aliphatic heterocycles. The van der Waals surface area contributed by atoms with Crippen molar-refractivity contribution in [3.8, 4) is 0 Å². The number of para-hydroxylation sites is 1. The highest BCUT2D eigenvalue weighted by Gasteiger charge is 2.60. The number of fused-ring (bicyclic) bond motifs is 3. The lowest BCUT2D eigenvalue weighted by molar-refractivity contribution is -0.158. The molecular weight excluding hydrogens is 270 g/mol. The molecule has 0 radical (unpaired) electrons. The van der Waals surface area contributed by atoms with Crippen molar-refractivity contribution in [3.05, 3.63) is 42.0 Å². The minimum atomic E-state index is -1.36. The zero-order valence-electron chi connectivity index (χ0n) is 11.9. The van der Waals surface area contributed by atoms with Crippen molar-refractivity contribution < 1.29 is 19.4 Å². The predicted octanol–water partition coefficient (Wildman–Crippen LogP) is 1.01. The van der Waals surface area contributed by atoms with E-state index in [4.69, 9.17) is 4.74 Å². The van der Waals surface area contributed by atoms with Crippen LogP contribution in [0.2, 0.25) is 0 Å². The summed E-state index contributed by atoms with van der Waals surface area (Å²) in [5.74, 6) is -1.40. The Hall–Kier alpha value is -2.14. The molecule has 3 atom stereocenters. The molecule has 0 spiro atoms. The van der Waals surface area contributed by atoms with Crippen molar-refractivity contribution in [2.24, 2.45) is 5.92 Å². The maximum atomic E-state index is 12.7. The summed E-state index contributed by atoms with van der Waals surface area (Å²) in [4.78, 5) is 26.8. The number of nitrogens with zero attached hydrogens (tertiary/aromatic N) is 1. The first-order valence-corrected chi connectivity index (χ1v) is 6.85. The van der Waals surface area contributed by atoms with Crippen LogP contribution in [0.1, 0.15) is 12.0 Å². The van der Waals surface area contributed by atoms with Crippen LogP contribution in [0.25, 0.3) is 0 Å². The zero-order valence-corrected chi connectivity index (χ0v) is 11.9. The summed E-state index contributed by atoms with van der Waals surface area (Å²) >= 11 is 0. The van der Waals surface area contributed by atoms with Gasteiger partial charge in [-0.1, -0.05) is 30.4 Å². The smallest absolute Gasteiger partial charge is 0.320 e. The topological polar surface area (TPSA) is 66.8 Å². The fraction of sp³-hybridized carbons (Fsp3) is 0.375. The Morgan fingerprint density at radius 1 is 1.43 bits per heavy atom. The summed E-state index contributed by atoms with van der Waals surface area (Å²) in [6, 6.07) is 7.16. The van der Waals surface area contributed by atoms with E-state index in [0.717, 1.165) is 0 Å². The normalized spacial score (nSPS) is 30.6. The van der Waals surface area contributed by atoms with Crippen molar-refractivity contribution in [1.82, 2.24) is 0 Å². The third-order valence-electron chi connectivity index (χ3n) is 4.57. The van der Waals surface area contributed by atoms with Gasteiger partial charge in [0.1, 0.15) is 5.41 Å². The van der Waals surface area contributed by atoms with Gasteiger partial charge in [0.25, 0.3) is 0 Å². The Bertz CT molecular complexity index is 639. The van der Waals surface area contributed by atoms with Crippen LogP contribution in [0.3, 0.4) is 0 Å². The van der Waals surface area contributed by atoms with E-state index >= 15 is 0 Å². The molecule has 0 unspecified atom stereocenters. The molecule has 0 saturated carbocycles. The molecule has 2 aliphatic rings. The van der Waals surface area contributed by atoms with Gasteiger partial charge in [0.2, 0.25) is 5.91 Å². The van der Waals surface area contributed by atoms with Gasteiger partial charge in [-0.05, 0) is 18.1 Å². The van der Waals surface area contributed by atoms with Crippen molar-refractivity contribution in [2.45, 2.75) is 17.9 Å². The Morgan fingerprint density at radius 3 is 2.86 bits per heavy atom. The number of anilines is 1. The molecule has 5 heteroatoms. The number of aliphatic hydroxyl groups is 1. The van der Waals surface area contributed by atoms with Crippen LogP contribution in [0.5, 0.6) is 0 Å².